The SMILES string of the molecule is COc1ccccc1/C=N/NC(=O)CNC(=O)c1c(F)cccc1Cl. The lowest BCUT2D eigenvalue weighted by molar-refractivity contribution is -0.120. The van der Waals surface area contributed by atoms with E-state index in [-0.39, 0.29) is 17.1 Å². The van der Waals surface area contributed by atoms with Crippen LogP contribution in [-0.2, 0) is 4.79 Å². The molecule has 0 saturated carbocycles. The number of hydrazone groups is 1. The number of hydrogen-bond donors (Lipinski definition) is 2. The van der Waals surface area contributed by atoms with Gasteiger partial charge in [0.1, 0.15) is 11.6 Å². The first-order chi connectivity index (χ1) is 12.0. The quantitative estimate of drug-likeness (QED) is 0.611. The predicted molar refractivity (Wildman–Crippen MR) is 92.5 cm³/mol. The lowest BCUT2D eigenvalue weighted by Gasteiger charge is -2.07. The summed E-state index contributed by atoms with van der Waals surface area (Å²) in [4.78, 5) is 23.6. The van der Waals surface area contributed by atoms with Crippen molar-refractivity contribution < 1.29 is 18.7 Å². The van der Waals surface area contributed by atoms with Crippen LogP contribution in [0.25, 0.3) is 0 Å². The maximum absolute atomic E-state index is 13.6. The zero-order valence-corrected chi connectivity index (χ0v) is 14.0. The van der Waals surface area contributed by atoms with Crippen LogP contribution in [0.15, 0.2) is 47.6 Å². The number of para-hydroxylation sites is 1. The summed E-state index contributed by atoms with van der Waals surface area (Å²) in [5.74, 6) is -1.53. The van der Waals surface area contributed by atoms with Crippen molar-refractivity contribution in [2.45, 2.75) is 0 Å². The Morgan fingerprint density at radius 3 is 2.72 bits per heavy atom. The first-order valence-corrected chi connectivity index (χ1v) is 7.58. The Labute approximate surface area is 148 Å². The van der Waals surface area contributed by atoms with Gasteiger partial charge in [0.15, 0.2) is 0 Å². The van der Waals surface area contributed by atoms with E-state index in [9.17, 15) is 14.0 Å². The van der Waals surface area contributed by atoms with Gasteiger partial charge in [-0.15, -0.1) is 0 Å². The molecule has 2 rings (SSSR count). The van der Waals surface area contributed by atoms with Crippen molar-refractivity contribution >= 4 is 29.6 Å². The number of benzene rings is 2. The van der Waals surface area contributed by atoms with E-state index in [2.05, 4.69) is 15.8 Å². The average Bonchev–Trinajstić information content (AvgIpc) is 2.60. The molecule has 0 aliphatic rings. The smallest absolute Gasteiger partial charge is 0.259 e. The van der Waals surface area contributed by atoms with Crippen LogP contribution in [0.5, 0.6) is 5.75 Å². The molecule has 0 unspecified atom stereocenters. The van der Waals surface area contributed by atoms with E-state index in [4.69, 9.17) is 16.3 Å². The molecule has 6 nitrogen and oxygen atoms in total. The molecule has 8 heteroatoms. The fourth-order valence-electron chi connectivity index (χ4n) is 1.95. The van der Waals surface area contributed by atoms with E-state index < -0.39 is 17.6 Å². The lowest BCUT2D eigenvalue weighted by atomic mass is 10.2. The molecule has 2 aromatic rings. The normalized spacial score (nSPS) is 10.5. The molecule has 0 radical (unpaired) electrons. The van der Waals surface area contributed by atoms with Gasteiger partial charge in [-0.1, -0.05) is 29.8 Å². The average molecular weight is 364 g/mol. The predicted octanol–water partition coefficient (Wildman–Crippen LogP) is 2.37. The van der Waals surface area contributed by atoms with Crippen LogP contribution in [0.4, 0.5) is 4.39 Å². The zero-order chi connectivity index (χ0) is 18.2. The van der Waals surface area contributed by atoms with Crippen LogP contribution < -0.4 is 15.5 Å². The third kappa shape index (κ3) is 5.02. The molecule has 2 N–H and O–H groups in total. The van der Waals surface area contributed by atoms with Gasteiger partial charge < -0.3 is 10.1 Å². The third-order valence-electron chi connectivity index (χ3n) is 3.13. The van der Waals surface area contributed by atoms with Gasteiger partial charge in [-0.2, -0.15) is 5.10 Å². The molecule has 2 aromatic carbocycles. The molecule has 2 amide bonds. The van der Waals surface area contributed by atoms with Crippen LogP contribution in [-0.4, -0.2) is 31.7 Å². The first kappa shape index (κ1) is 18.4. The van der Waals surface area contributed by atoms with E-state index in [0.29, 0.717) is 11.3 Å². The number of methoxy groups -OCH3 is 1. The molecule has 0 bridgehead atoms. The van der Waals surface area contributed by atoms with Crippen LogP contribution in [0.3, 0.4) is 0 Å². The van der Waals surface area contributed by atoms with Crippen molar-refractivity contribution in [1.29, 1.82) is 0 Å². The van der Waals surface area contributed by atoms with Gasteiger partial charge in [-0.3, -0.25) is 9.59 Å². The van der Waals surface area contributed by atoms with Crippen molar-refractivity contribution in [3.63, 3.8) is 0 Å². The van der Waals surface area contributed by atoms with Crippen molar-refractivity contribution in [2.24, 2.45) is 5.10 Å². The fourth-order valence-corrected chi connectivity index (χ4v) is 2.20. The highest BCUT2D eigenvalue weighted by Gasteiger charge is 2.16. The maximum atomic E-state index is 13.6. The van der Waals surface area contributed by atoms with E-state index in [1.54, 1.807) is 24.3 Å². The lowest BCUT2D eigenvalue weighted by Crippen LogP contribution is -2.35. The standard InChI is InChI=1S/C17H15ClFN3O3/c1-25-14-8-3-2-5-11(14)9-21-22-15(23)10-20-17(24)16-12(18)6-4-7-13(16)19/h2-9H,10H2,1H3,(H,20,24)(H,22,23)/b21-9+. The molecule has 0 aliphatic heterocycles. The Morgan fingerprint density at radius 2 is 2.00 bits per heavy atom. The molecule has 0 heterocycles. The number of ether oxygens (including phenoxy) is 1. The number of nitrogens with one attached hydrogen (secondary N) is 2. The Kier molecular flexibility index (Phi) is 6.47. The van der Waals surface area contributed by atoms with Gasteiger partial charge in [0.2, 0.25) is 0 Å². The van der Waals surface area contributed by atoms with Crippen LogP contribution in [0, 0.1) is 5.82 Å². The summed E-state index contributed by atoms with van der Waals surface area (Å²) < 4.78 is 18.8. The number of nitrogens with zero attached hydrogens (tertiary/aromatic N) is 1. The molecule has 0 atom stereocenters. The molecule has 0 fully saturated rings. The topological polar surface area (TPSA) is 79.8 Å². The summed E-state index contributed by atoms with van der Waals surface area (Å²) in [6.45, 7) is -0.382. The van der Waals surface area contributed by atoms with Crippen molar-refractivity contribution in [3.8, 4) is 5.75 Å². The molecular formula is C17H15ClFN3O3. The highest BCUT2D eigenvalue weighted by Crippen LogP contribution is 2.18. The second-order valence-electron chi connectivity index (χ2n) is 4.81. The number of halogens is 2. The summed E-state index contributed by atoms with van der Waals surface area (Å²) in [6, 6.07) is 11.0. The van der Waals surface area contributed by atoms with E-state index >= 15 is 0 Å². The highest BCUT2D eigenvalue weighted by atomic mass is 35.5. The summed E-state index contributed by atoms with van der Waals surface area (Å²) >= 11 is 5.78. The number of carbonyl (C=O) groups excluding carboxylic acids is 2. The van der Waals surface area contributed by atoms with Gasteiger partial charge in [-0.25, -0.2) is 9.82 Å². The molecule has 0 spiro atoms. The molecular weight excluding hydrogens is 349 g/mol. The minimum absolute atomic E-state index is 0.0351. The minimum atomic E-state index is -0.785. The monoisotopic (exact) mass is 363 g/mol. The van der Waals surface area contributed by atoms with Gasteiger partial charge in [-0.05, 0) is 24.3 Å². The van der Waals surface area contributed by atoms with E-state index in [1.807, 2.05) is 0 Å². The summed E-state index contributed by atoms with van der Waals surface area (Å²) in [5, 5.41) is 6.02. The largest absolute Gasteiger partial charge is 0.496 e. The van der Waals surface area contributed by atoms with Gasteiger partial charge in [0.05, 0.1) is 30.5 Å². The fraction of sp³-hybridized carbons (Fsp3) is 0.118. The van der Waals surface area contributed by atoms with Gasteiger partial charge >= 0.3 is 0 Å². The van der Waals surface area contributed by atoms with Gasteiger partial charge in [0, 0.05) is 5.56 Å². The number of amides is 2. The molecule has 0 saturated heterocycles. The second-order valence-corrected chi connectivity index (χ2v) is 5.22. The van der Waals surface area contributed by atoms with E-state index in [0.717, 1.165) is 6.07 Å². The van der Waals surface area contributed by atoms with Crippen molar-refractivity contribution in [1.82, 2.24) is 10.7 Å². The Morgan fingerprint density at radius 1 is 1.24 bits per heavy atom. The third-order valence-corrected chi connectivity index (χ3v) is 3.45. The van der Waals surface area contributed by atoms with Gasteiger partial charge in [0.25, 0.3) is 11.8 Å². The molecule has 130 valence electrons. The summed E-state index contributed by atoms with van der Waals surface area (Å²) in [6.07, 6.45) is 1.41. The Bertz CT molecular complexity index is 791. The highest BCUT2D eigenvalue weighted by molar-refractivity contribution is 6.33. The molecule has 25 heavy (non-hydrogen) atoms. The number of rotatable bonds is 6. The van der Waals surface area contributed by atoms with Crippen LogP contribution in [0.1, 0.15) is 15.9 Å². The second kappa shape index (κ2) is 8.79. The first-order valence-electron chi connectivity index (χ1n) is 7.20. The Hall–Kier alpha value is -2.93. The maximum Gasteiger partial charge on any atom is 0.259 e. The van der Waals surface area contributed by atoms with Crippen molar-refractivity contribution in [2.75, 3.05) is 13.7 Å². The minimum Gasteiger partial charge on any atom is -0.496 e. The summed E-state index contributed by atoms with van der Waals surface area (Å²) in [7, 11) is 1.52. The summed E-state index contributed by atoms with van der Waals surface area (Å²) in [5.41, 5.74) is 2.61. The number of hydrogen-bond acceptors (Lipinski definition) is 4. The van der Waals surface area contributed by atoms with Crippen LogP contribution >= 0.6 is 11.6 Å². The Balaban J connectivity index is 1.89. The number of carbonyl (C=O) groups is 2. The van der Waals surface area contributed by atoms with Crippen molar-refractivity contribution in [3.05, 3.63) is 64.4 Å². The van der Waals surface area contributed by atoms with E-state index in [1.165, 1.54) is 25.5 Å². The molecule has 0 aliphatic carbocycles. The van der Waals surface area contributed by atoms with Crippen LogP contribution in [0.2, 0.25) is 5.02 Å². The zero-order valence-electron chi connectivity index (χ0n) is 13.3. The molecule has 0 aromatic heterocycles.